The normalized spacial score (nSPS) is 11.6. The third-order valence-corrected chi connectivity index (χ3v) is 4.29. The van der Waals surface area contributed by atoms with Crippen LogP contribution >= 0.6 is 0 Å². The molecule has 0 radical (unpaired) electrons. The molecule has 1 aromatic heterocycles. The van der Waals surface area contributed by atoms with Crippen molar-refractivity contribution in [3.8, 4) is 0 Å². The SMILES string of the molecule is CCNCc1c(S(=O)(=O)Nc2ccc(F)cc2)n[nH]c1C. The molecule has 1 heterocycles. The molecule has 6 nitrogen and oxygen atoms in total. The van der Waals surface area contributed by atoms with E-state index >= 15 is 0 Å². The molecule has 0 atom stereocenters. The van der Waals surface area contributed by atoms with Crippen LogP contribution in [0.25, 0.3) is 0 Å². The molecule has 3 N–H and O–H groups in total. The number of anilines is 1. The number of nitrogens with zero attached hydrogens (tertiary/aromatic N) is 1. The number of nitrogens with one attached hydrogen (secondary N) is 3. The van der Waals surface area contributed by atoms with Gasteiger partial charge in [-0.1, -0.05) is 6.92 Å². The molecule has 0 aliphatic rings. The second-order valence-electron chi connectivity index (χ2n) is 4.53. The van der Waals surface area contributed by atoms with Crippen molar-refractivity contribution in [2.24, 2.45) is 0 Å². The Labute approximate surface area is 122 Å². The van der Waals surface area contributed by atoms with Crippen LogP contribution in [-0.4, -0.2) is 25.2 Å². The molecule has 0 spiro atoms. The lowest BCUT2D eigenvalue weighted by molar-refractivity contribution is 0.594. The Balaban J connectivity index is 2.29. The quantitative estimate of drug-likeness (QED) is 0.758. The van der Waals surface area contributed by atoms with E-state index in [1.54, 1.807) is 6.92 Å². The molecule has 0 saturated heterocycles. The predicted molar refractivity (Wildman–Crippen MR) is 77.9 cm³/mol. The molecule has 0 amide bonds. The number of hydrogen-bond donors (Lipinski definition) is 3. The van der Waals surface area contributed by atoms with Gasteiger partial charge in [-0.3, -0.25) is 9.82 Å². The van der Waals surface area contributed by atoms with Gasteiger partial charge in [0.25, 0.3) is 10.0 Å². The zero-order chi connectivity index (χ0) is 15.5. The molecule has 0 unspecified atom stereocenters. The van der Waals surface area contributed by atoms with Crippen molar-refractivity contribution in [1.29, 1.82) is 0 Å². The molecule has 114 valence electrons. The molecule has 2 aromatic rings. The summed E-state index contributed by atoms with van der Waals surface area (Å²) < 4.78 is 40.0. The summed E-state index contributed by atoms with van der Waals surface area (Å²) in [6.07, 6.45) is 0. The number of benzene rings is 1. The second kappa shape index (κ2) is 6.23. The average Bonchev–Trinajstić information content (AvgIpc) is 2.81. The summed E-state index contributed by atoms with van der Waals surface area (Å²) in [5, 5.41) is 9.57. The van der Waals surface area contributed by atoms with E-state index in [1.807, 2.05) is 6.92 Å². The number of aryl methyl sites for hydroxylation is 1. The van der Waals surface area contributed by atoms with Gasteiger partial charge in [-0.05, 0) is 37.7 Å². The number of aromatic nitrogens is 2. The van der Waals surface area contributed by atoms with Crippen LogP contribution in [0.3, 0.4) is 0 Å². The Kier molecular flexibility index (Phi) is 4.59. The van der Waals surface area contributed by atoms with E-state index in [0.29, 0.717) is 17.8 Å². The van der Waals surface area contributed by atoms with Crippen LogP contribution in [0.2, 0.25) is 0 Å². The lowest BCUT2D eigenvalue weighted by atomic mass is 10.2. The minimum absolute atomic E-state index is 0.0507. The molecule has 0 saturated carbocycles. The van der Waals surface area contributed by atoms with E-state index in [2.05, 4.69) is 20.2 Å². The summed E-state index contributed by atoms with van der Waals surface area (Å²) >= 11 is 0. The highest BCUT2D eigenvalue weighted by Crippen LogP contribution is 2.20. The zero-order valence-electron chi connectivity index (χ0n) is 11.8. The van der Waals surface area contributed by atoms with Gasteiger partial charge in [-0.25, -0.2) is 4.39 Å². The first-order chi connectivity index (χ1) is 9.94. The molecule has 0 bridgehead atoms. The van der Waals surface area contributed by atoms with Crippen LogP contribution in [0.4, 0.5) is 10.1 Å². The van der Waals surface area contributed by atoms with Crippen molar-refractivity contribution in [3.63, 3.8) is 0 Å². The molecule has 0 fully saturated rings. The standard InChI is InChI=1S/C13H17FN4O2S/c1-3-15-8-12-9(2)16-17-13(12)21(19,20)18-11-6-4-10(14)5-7-11/h4-7,15,18H,3,8H2,1-2H3,(H,16,17). The number of rotatable bonds is 6. The van der Waals surface area contributed by atoms with Crippen molar-refractivity contribution in [1.82, 2.24) is 15.5 Å². The molecule has 21 heavy (non-hydrogen) atoms. The Morgan fingerprint density at radius 2 is 1.95 bits per heavy atom. The molecule has 0 aliphatic heterocycles. The minimum atomic E-state index is -3.82. The molecule has 8 heteroatoms. The summed E-state index contributed by atoms with van der Waals surface area (Å²) in [7, 11) is -3.82. The Morgan fingerprint density at radius 3 is 2.57 bits per heavy atom. The van der Waals surface area contributed by atoms with E-state index < -0.39 is 15.8 Å². The average molecular weight is 312 g/mol. The monoisotopic (exact) mass is 312 g/mol. The highest BCUT2D eigenvalue weighted by atomic mass is 32.2. The van der Waals surface area contributed by atoms with Gasteiger partial charge >= 0.3 is 0 Å². The summed E-state index contributed by atoms with van der Waals surface area (Å²) in [6, 6.07) is 5.09. The highest BCUT2D eigenvalue weighted by Gasteiger charge is 2.23. The largest absolute Gasteiger partial charge is 0.313 e. The minimum Gasteiger partial charge on any atom is -0.313 e. The van der Waals surface area contributed by atoms with Gasteiger partial charge in [-0.2, -0.15) is 13.5 Å². The third kappa shape index (κ3) is 3.59. The lowest BCUT2D eigenvalue weighted by Gasteiger charge is -2.08. The maximum absolute atomic E-state index is 12.8. The number of halogens is 1. The summed E-state index contributed by atoms with van der Waals surface area (Å²) in [6.45, 7) is 4.81. The summed E-state index contributed by atoms with van der Waals surface area (Å²) in [5.74, 6) is -0.429. The van der Waals surface area contributed by atoms with E-state index in [-0.39, 0.29) is 10.7 Å². The fraction of sp³-hybridized carbons (Fsp3) is 0.308. The van der Waals surface area contributed by atoms with Crippen molar-refractivity contribution in [3.05, 3.63) is 41.3 Å². The van der Waals surface area contributed by atoms with Crippen LogP contribution < -0.4 is 10.0 Å². The lowest BCUT2D eigenvalue weighted by Crippen LogP contribution is -2.19. The fourth-order valence-electron chi connectivity index (χ4n) is 1.83. The van der Waals surface area contributed by atoms with Crippen molar-refractivity contribution in [2.45, 2.75) is 25.4 Å². The van der Waals surface area contributed by atoms with E-state index in [0.717, 1.165) is 6.54 Å². The van der Waals surface area contributed by atoms with E-state index in [1.165, 1.54) is 24.3 Å². The van der Waals surface area contributed by atoms with E-state index in [9.17, 15) is 12.8 Å². The number of H-pyrrole nitrogens is 1. The Hall–Kier alpha value is -1.93. The first-order valence-corrected chi connectivity index (χ1v) is 7.95. The van der Waals surface area contributed by atoms with Gasteiger partial charge < -0.3 is 5.32 Å². The molecule has 2 rings (SSSR count). The fourth-order valence-corrected chi connectivity index (χ4v) is 3.09. The molecular weight excluding hydrogens is 295 g/mol. The third-order valence-electron chi connectivity index (χ3n) is 2.94. The molecule has 0 aliphatic carbocycles. The number of sulfonamides is 1. The van der Waals surface area contributed by atoms with Crippen LogP contribution in [-0.2, 0) is 16.6 Å². The van der Waals surface area contributed by atoms with Crippen LogP contribution in [0.1, 0.15) is 18.2 Å². The summed E-state index contributed by atoms with van der Waals surface area (Å²) in [4.78, 5) is 0. The van der Waals surface area contributed by atoms with Crippen molar-refractivity contribution >= 4 is 15.7 Å². The van der Waals surface area contributed by atoms with Crippen molar-refractivity contribution < 1.29 is 12.8 Å². The van der Waals surface area contributed by atoms with Crippen LogP contribution in [0.15, 0.2) is 29.3 Å². The van der Waals surface area contributed by atoms with Gasteiger partial charge in [0, 0.05) is 23.5 Å². The predicted octanol–water partition coefficient (Wildman–Crippen LogP) is 1.77. The maximum Gasteiger partial charge on any atom is 0.281 e. The molecular formula is C13H17FN4O2S. The number of aromatic amines is 1. The first-order valence-electron chi connectivity index (χ1n) is 6.47. The smallest absolute Gasteiger partial charge is 0.281 e. The topological polar surface area (TPSA) is 86.9 Å². The van der Waals surface area contributed by atoms with Gasteiger partial charge in [-0.15, -0.1) is 0 Å². The van der Waals surface area contributed by atoms with Crippen molar-refractivity contribution in [2.75, 3.05) is 11.3 Å². The Morgan fingerprint density at radius 1 is 1.29 bits per heavy atom. The van der Waals surface area contributed by atoms with Gasteiger partial charge in [0.2, 0.25) is 5.03 Å². The number of hydrogen-bond acceptors (Lipinski definition) is 4. The first kappa shape index (κ1) is 15.5. The highest BCUT2D eigenvalue weighted by molar-refractivity contribution is 7.92. The second-order valence-corrected chi connectivity index (χ2v) is 6.12. The maximum atomic E-state index is 12.8. The van der Waals surface area contributed by atoms with Crippen LogP contribution in [0, 0.1) is 12.7 Å². The van der Waals surface area contributed by atoms with Gasteiger partial charge in [0.05, 0.1) is 0 Å². The van der Waals surface area contributed by atoms with Gasteiger partial charge in [0.15, 0.2) is 0 Å². The van der Waals surface area contributed by atoms with Gasteiger partial charge in [0.1, 0.15) is 5.82 Å². The zero-order valence-corrected chi connectivity index (χ0v) is 12.6. The summed E-state index contributed by atoms with van der Waals surface area (Å²) in [5.41, 5.74) is 1.56. The van der Waals surface area contributed by atoms with E-state index in [4.69, 9.17) is 0 Å². The molecule has 1 aromatic carbocycles. The van der Waals surface area contributed by atoms with Crippen LogP contribution in [0.5, 0.6) is 0 Å². The Bertz CT molecular complexity index is 710.